The van der Waals surface area contributed by atoms with Gasteiger partial charge in [-0.1, -0.05) is 60.3 Å². The van der Waals surface area contributed by atoms with E-state index >= 15 is 0 Å². The van der Waals surface area contributed by atoms with Gasteiger partial charge in [0.1, 0.15) is 5.01 Å². The van der Waals surface area contributed by atoms with Crippen LogP contribution in [-0.4, -0.2) is 52.9 Å². The molecule has 0 amide bonds. The number of fused-ring (bicyclic) bond motifs is 5. The highest BCUT2D eigenvalue weighted by Crippen LogP contribution is 2.41. The van der Waals surface area contributed by atoms with Crippen molar-refractivity contribution in [2.75, 3.05) is 16.8 Å². The number of aromatic nitrogens is 2. The summed E-state index contributed by atoms with van der Waals surface area (Å²) in [6.45, 7) is 0. The fraction of sp³-hybridized carbons (Fsp3) is 0.188. The average Bonchev–Trinajstić information content (AvgIpc) is 3.72. The van der Waals surface area contributed by atoms with E-state index in [1.54, 1.807) is 23.1 Å². The Balaban J connectivity index is 0.000000190. The topological polar surface area (TPSA) is 178 Å². The Hall–Kier alpha value is -3.41. The lowest BCUT2D eigenvalue weighted by molar-refractivity contribution is 0.479. The van der Waals surface area contributed by atoms with Gasteiger partial charge in [0.2, 0.25) is 0 Å². The number of aryl methyl sites for hydroxylation is 2. The zero-order valence-electron chi connectivity index (χ0n) is 24.8. The Morgan fingerprint density at radius 3 is 2.21 bits per heavy atom. The number of thiazole rings is 2. The van der Waals surface area contributed by atoms with Gasteiger partial charge in [-0.05, 0) is 60.5 Å². The maximum atomic E-state index is 11.0. The average molecular weight is 730 g/mol. The van der Waals surface area contributed by atoms with Crippen LogP contribution in [0.2, 0.25) is 0 Å². The third-order valence-electron chi connectivity index (χ3n) is 7.08. The third kappa shape index (κ3) is 9.15. The highest BCUT2D eigenvalue weighted by atomic mass is 32.2. The van der Waals surface area contributed by atoms with Crippen molar-refractivity contribution in [3.05, 3.63) is 99.5 Å². The van der Waals surface area contributed by atoms with Crippen molar-refractivity contribution < 1.29 is 31.4 Å². The normalized spacial score (nSPS) is 13.7. The Labute approximate surface area is 284 Å². The lowest BCUT2D eigenvalue weighted by Gasteiger charge is -2.06. The van der Waals surface area contributed by atoms with Crippen LogP contribution in [-0.2, 0) is 33.1 Å². The maximum Gasteiger partial charge on any atom is 0.264 e. The van der Waals surface area contributed by atoms with E-state index in [4.69, 9.17) is 9.11 Å². The molecule has 3 heterocycles. The molecule has 0 bridgehead atoms. The van der Waals surface area contributed by atoms with Crippen molar-refractivity contribution in [2.45, 2.75) is 30.6 Å². The number of hydrogen-bond acceptors (Lipinski definition) is 10. The summed E-state index contributed by atoms with van der Waals surface area (Å²) in [5.74, 6) is -0.619. The fourth-order valence-electron chi connectivity index (χ4n) is 5.06. The Morgan fingerprint density at radius 2 is 1.47 bits per heavy atom. The highest BCUT2D eigenvalue weighted by Gasteiger charge is 2.16. The molecule has 0 unspecified atom stereocenters. The molecule has 0 fully saturated rings. The monoisotopic (exact) mass is 729 g/mol. The molecule has 0 spiro atoms. The van der Waals surface area contributed by atoms with Crippen LogP contribution in [0.15, 0.2) is 88.8 Å². The SMILES string of the molecule is C(=C1Nc2ccccc2S1)c1nc2ccccc2s1.O.O=S(=O)(O)CCCc1nc2c(s1)c(CCCS(=O)(=O)O)cc1ccccc12. The number of rotatable bonds is 9. The Morgan fingerprint density at radius 1 is 0.787 bits per heavy atom. The summed E-state index contributed by atoms with van der Waals surface area (Å²) < 4.78 is 63.7. The molecule has 0 saturated heterocycles. The second-order valence-corrected chi connectivity index (χ2v) is 16.9. The number of hydrogen-bond donors (Lipinski definition) is 3. The Bertz CT molecular complexity index is 2240. The molecule has 0 radical (unpaired) electrons. The summed E-state index contributed by atoms with van der Waals surface area (Å²) in [6, 6.07) is 26.3. The minimum atomic E-state index is -4.00. The summed E-state index contributed by atoms with van der Waals surface area (Å²) in [5, 5.41) is 8.33. The lowest BCUT2D eigenvalue weighted by Crippen LogP contribution is -2.04. The van der Waals surface area contributed by atoms with Crippen LogP contribution in [0.5, 0.6) is 0 Å². The van der Waals surface area contributed by atoms with Crippen LogP contribution in [0.4, 0.5) is 5.69 Å². The minimum Gasteiger partial charge on any atom is -0.412 e. The predicted molar refractivity (Wildman–Crippen MR) is 194 cm³/mol. The number of nitrogens with zero attached hydrogens (tertiary/aromatic N) is 2. The van der Waals surface area contributed by atoms with Crippen LogP contribution in [0.1, 0.15) is 28.4 Å². The second-order valence-electron chi connectivity index (χ2n) is 10.6. The van der Waals surface area contributed by atoms with Crippen molar-refractivity contribution in [3.8, 4) is 0 Å². The van der Waals surface area contributed by atoms with Crippen LogP contribution in [0.3, 0.4) is 0 Å². The van der Waals surface area contributed by atoms with Gasteiger partial charge >= 0.3 is 0 Å². The van der Waals surface area contributed by atoms with Crippen molar-refractivity contribution >= 4 is 97.6 Å². The van der Waals surface area contributed by atoms with Crippen molar-refractivity contribution in [3.63, 3.8) is 0 Å². The van der Waals surface area contributed by atoms with E-state index in [-0.39, 0.29) is 23.4 Å². The second kappa shape index (κ2) is 14.8. The van der Waals surface area contributed by atoms with Crippen LogP contribution in [0, 0.1) is 0 Å². The van der Waals surface area contributed by atoms with E-state index in [2.05, 4.69) is 57.8 Å². The van der Waals surface area contributed by atoms with E-state index in [1.165, 1.54) is 26.6 Å². The van der Waals surface area contributed by atoms with Crippen LogP contribution >= 0.6 is 34.4 Å². The molecule has 6 aromatic rings. The largest absolute Gasteiger partial charge is 0.412 e. The standard InChI is InChI=1S/C17H19NO6S3.C15H10N2S2.H2O/c19-26(20,21)9-3-6-13-11-12-5-1-2-7-14(12)16-17(13)25-15(18-16)8-4-10-27(22,23)24;1-3-7-12-10(5-1)16-14(18-12)9-15-17-11-6-2-4-8-13(11)19-15;/h1-2,5,7,11H,3-4,6,8-10H2,(H,19,20,21)(H,22,23,24);1-9,16H;1H2. The minimum absolute atomic E-state index is 0. The van der Waals surface area contributed by atoms with Crippen molar-refractivity contribution in [2.24, 2.45) is 0 Å². The molecule has 0 atom stereocenters. The summed E-state index contributed by atoms with van der Waals surface area (Å²) >= 11 is 4.93. The van der Waals surface area contributed by atoms with Crippen molar-refractivity contribution in [1.29, 1.82) is 0 Å². The van der Waals surface area contributed by atoms with E-state index in [0.717, 1.165) is 47.1 Å². The molecule has 4 aromatic carbocycles. The smallest absolute Gasteiger partial charge is 0.264 e. The van der Waals surface area contributed by atoms with Crippen LogP contribution in [0.25, 0.3) is 37.3 Å². The molecule has 0 saturated carbocycles. The van der Waals surface area contributed by atoms with E-state index in [0.29, 0.717) is 19.3 Å². The highest BCUT2D eigenvalue weighted by molar-refractivity contribution is 8.03. The molecule has 47 heavy (non-hydrogen) atoms. The van der Waals surface area contributed by atoms with Gasteiger partial charge in [-0.2, -0.15) is 16.8 Å². The van der Waals surface area contributed by atoms with Gasteiger partial charge < -0.3 is 10.8 Å². The number of nitrogens with one attached hydrogen (secondary N) is 1. The van der Waals surface area contributed by atoms with Crippen LogP contribution < -0.4 is 5.32 Å². The zero-order valence-corrected chi connectivity index (χ0v) is 28.9. The third-order valence-corrected chi connectivity index (χ3v) is 11.9. The Kier molecular flexibility index (Phi) is 11.0. The molecule has 2 aromatic heterocycles. The molecule has 246 valence electrons. The van der Waals surface area contributed by atoms with E-state index < -0.39 is 20.2 Å². The number of benzene rings is 4. The first-order chi connectivity index (χ1) is 22.0. The summed E-state index contributed by atoms with van der Waals surface area (Å²) in [6.07, 6.45) is 3.60. The van der Waals surface area contributed by atoms with Gasteiger partial charge in [0.15, 0.2) is 0 Å². The fourth-order valence-corrected chi connectivity index (χ4v) is 9.18. The maximum absolute atomic E-state index is 11.0. The quantitative estimate of drug-likeness (QED) is 0.130. The molecule has 7 rings (SSSR count). The summed E-state index contributed by atoms with van der Waals surface area (Å²) in [7, 11) is -8.00. The number of anilines is 1. The molecule has 10 nitrogen and oxygen atoms in total. The molecule has 0 aliphatic carbocycles. The van der Waals surface area contributed by atoms with Crippen molar-refractivity contribution in [1.82, 2.24) is 9.97 Å². The van der Waals surface area contributed by atoms with Gasteiger partial charge in [-0.3, -0.25) is 9.11 Å². The lowest BCUT2D eigenvalue weighted by atomic mass is 10.0. The van der Waals surface area contributed by atoms with Gasteiger partial charge in [-0.15, -0.1) is 22.7 Å². The number of thioether (sulfide) groups is 1. The number of para-hydroxylation sites is 2. The van der Waals surface area contributed by atoms with Gasteiger partial charge in [-0.25, -0.2) is 9.97 Å². The first-order valence-corrected chi connectivity index (χ1v) is 20.0. The van der Waals surface area contributed by atoms with E-state index in [1.807, 2.05) is 42.5 Å². The molecular weight excluding hydrogens is 699 g/mol. The first kappa shape index (κ1) is 34.9. The molecular formula is C32H31N3O7S5. The van der Waals surface area contributed by atoms with Gasteiger partial charge in [0.05, 0.1) is 47.7 Å². The predicted octanol–water partition coefficient (Wildman–Crippen LogP) is 7.08. The van der Waals surface area contributed by atoms with Gasteiger partial charge in [0.25, 0.3) is 20.2 Å². The summed E-state index contributed by atoms with van der Waals surface area (Å²) in [4.78, 5) is 10.6. The summed E-state index contributed by atoms with van der Waals surface area (Å²) in [5.41, 5.74) is 4.01. The molecule has 1 aliphatic rings. The first-order valence-electron chi connectivity index (χ1n) is 14.3. The molecule has 15 heteroatoms. The zero-order chi connectivity index (χ0) is 32.3. The van der Waals surface area contributed by atoms with Gasteiger partial charge in [0, 0.05) is 22.8 Å². The molecule has 5 N–H and O–H groups in total. The van der Waals surface area contributed by atoms with E-state index in [9.17, 15) is 16.8 Å². The molecule has 1 aliphatic heterocycles.